The predicted octanol–water partition coefficient (Wildman–Crippen LogP) is 2.57. The van der Waals surface area contributed by atoms with Gasteiger partial charge in [-0.3, -0.25) is 4.99 Å². The van der Waals surface area contributed by atoms with E-state index < -0.39 is 0 Å². The molecule has 1 saturated carbocycles. The van der Waals surface area contributed by atoms with E-state index in [9.17, 15) is 0 Å². The molecule has 3 rings (SSSR count). The second-order valence-corrected chi connectivity index (χ2v) is 6.17. The maximum absolute atomic E-state index is 5.95. The lowest BCUT2D eigenvalue weighted by atomic mass is 10.2. The van der Waals surface area contributed by atoms with Crippen LogP contribution >= 0.6 is 24.0 Å². The van der Waals surface area contributed by atoms with Crippen molar-refractivity contribution in [3.8, 4) is 5.75 Å². The Balaban J connectivity index is 0.00000243. The van der Waals surface area contributed by atoms with Crippen LogP contribution in [0.5, 0.6) is 5.75 Å². The van der Waals surface area contributed by atoms with Crippen LogP contribution in [0.15, 0.2) is 35.6 Å². The van der Waals surface area contributed by atoms with Crippen molar-refractivity contribution in [1.29, 1.82) is 0 Å². The van der Waals surface area contributed by atoms with E-state index in [1.807, 2.05) is 22.8 Å². The van der Waals surface area contributed by atoms with E-state index in [4.69, 9.17) is 4.74 Å². The van der Waals surface area contributed by atoms with Crippen LogP contribution in [0.2, 0.25) is 0 Å². The number of nitrogens with one attached hydrogen (secondary N) is 2. The van der Waals surface area contributed by atoms with Gasteiger partial charge in [0.05, 0.1) is 13.2 Å². The van der Waals surface area contributed by atoms with Gasteiger partial charge in [-0.05, 0) is 31.7 Å². The number of hydrogen-bond acceptors (Lipinski definition) is 4. The van der Waals surface area contributed by atoms with Gasteiger partial charge in [-0.1, -0.05) is 18.2 Å². The van der Waals surface area contributed by atoms with Crippen molar-refractivity contribution in [2.75, 3.05) is 13.7 Å². The zero-order chi connectivity index (χ0) is 17.5. The molecule has 1 aliphatic rings. The first-order chi connectivity index (χ1) is 12.3. The largest absolute Gasteiger partial charge is 0.493 e. The van der Waals surface area contributed by atoms with Gasteiger partial charge >= 0.3 is 0 Å². The first-order valence-corrected chi connectivity index (χ1v) is 8.82. The first kappa shape index (κ1) is 20.5. The van der Waals surface area contributed by atoms with Gasteiger partial charge in [-0.2, -0.15) is 0 Å². The number of rotatable bonds is 8. The monoisotopic (exact) mass is 470 g/mol. The lowest BCUT2D eigenvalue weighted by Gasteiger charge is -2.14. The number of aliphatic imine (C=N–C) groups is 1. The van der Waals surface area contributed by atoms with Gasteiger partial charge in [0.25, 0.3) is 0 Å². The van der Waals surface area contributed by atoms with Crippen molar-refractivity contribution in [3.05, 3.63) is 42.0 Å². The van der Waals surface area contributed by atoms with Gasteiger partial charge in [0, 0.05) is 25.7 Å². The third kappa shape index (κ3) is 5.86. The van der Waals surface area contributed by atoms with Crippen LogP contribution in [0.4, 0.5) is 0 Å². The van der Waals surface area contributed by atoms with Gasteiger partial charge in [0.2, 0.25) is 0 Å². The summed E-state index contributed by atoms with van der Waals surface area (Å²) in [5, 5.41) is 14.7. The fourth-order valence-corrected chi connectivity index (χ4v) is 2.53. The molecule has 0 spiro atoms. The predicted molar refractivity (Wildman–Crippen MR) is 113 cm³/mol. The molecule has 0 atom stereocenters. The van der Waals surface area contributed by atoms with Crippen LogP contribution < -0.4 is 15.4 Å². The van der Waals surface area contributed by atoms with E-state index >= 15 is 0 Å². The molecule has 2 N–H and O–H groups in total. The molecule has 8 heteroatoms. The molecular weight excluding hydrogens is 443 g/mol. The number of aromatic nitrogens is 3. The lowest BCUT2D eigenvalue weighted by molar-refractivity contribution is 0.296. The Labute approximate surface area is 171 Å². The summed E-state index contributed by atoms with van der Waals surface area (Å²) < 4.78 is 7.96. The number of halogens is 1. The fraction of sp³-hybridized carbons (Fsp3) is 0.500. The van der Waals surface area contributed by atoms with Crippen LogP contribution in [-0.2, 0) is 19.6 Å². The molecule has 0 bridgehead atoms. The quantitative estimate of drug-likeness (QED) is 0.353. The molecular formula is C18H27IN6O. The van der Waals surface area contributed by atoms with Crippen molar-refractivity contribution in [3.63, 3.8) is 0 Å². The Morgan fingerprint density at radius 1 is 1.27 bits per heavy atom. The SMILES string of the molecule is CCn1cnnc1CNC(=NC)NCc1ccccc1OCC1CC1.I. The van der Waals surface area contributed by atoms with Crippen LogP contribution in [-0.4, -0.2) is 34.4 Å². The number of benzene rings is 1. The molecule has 2 aromatic rings. The average molecular weight is 470 g/mol. The summed E-state index contributed by atoms with van der Waals surface area (Å²) in [6, 6.07) is 8.15. The second kappa shape index (κ2) is 10.3. The van der Waals surface area contributed by atoms with Gasteiger partial charge < -0.3 is 19.9 Å². The lowest BCUT2D eigenvalue weighted by Crippen LogP contribution is -2.37. The zero-order valence-electron chi connectivity index (χ0n) is 15.3. The average Bonchev–Trinajstić information content (AvgIpc) is 3.37. The summed E-state index contributed by atoms with van der Waals surface area (Å²) in [5.41, 5.74) is 1.13. The molecule has 1 heterocycles. The summed E-state index contributed by atoms with van der Waals surface area (Å²) in [6.45, 7) is 4.96. The van der Waals surface area contributed by atoms with E-state index in [1.165, 1.54) is 12.8 Å². The number of hydrogen-bond donors (Lipinski definition) is 2. The Morgan fingerprint density at radius 2 is 2.04 bits per heavy atom. The van der Waals surface area contributed by atoms with Gasteiger partial charge in [0.1, 0.15) is 12.1 Å². The van der Waals surface area contributed by atoms with Gasteiger partial charge in [0.15, 0.2) is 11.8 Å². The third-order valence-corrected chi connectivity index (χ3v) is 4.26. The summed E-state index contributed by atoms with van der Waals surface area (Å²) >= 11 is 0. The van der Waals surface area contributed by atoms with Crippen molar-refractivity contribution in [2.45, 2.75) is 39.4 Å². The molecule has 0 saturated heterocycles. The van der Waals surface area contributed by atoms with Crippen molar-refractivity contribution >= 4 is 29.9 Å². The fourth-order valence-electron chi connectivity index (χ4n) is 2.53. The summed E-state index contributed by atoms with van der Waals surface area (Å²) in [4.78, 5) is 4.27. The van der Waals surface area contributed by atoms with Crippen LogP contribution in [0, 0.1) is 5.92 Å². The number of nitrogens with zero attached hydrogens (tertiary/aromatic N) is 4. The summed E-state index contributed by atoms with van der Waals surface area (Å²) in [7, 11) is 1.76. The standard InChI is InChI=1S/C18H26N6O.HI/c1-3-24-13-22-23-17(24)11-21-18(19-2)20-10-15-6-4-5-7-16(15)25-12-14-8-9-14;/h4-7,13-14H,3,8-12H2,1-2H3,(H2,19,20,21);1H. The van der Waals surface area contributed by atoms with E-state index in [0.717, 1.165) is 42.2 Å². The van der Waals surface area contributed by atoms with E-state index in [-0.39, 0.29) is 24.0 Å². The molecule has 0 aliphatic heterocycles. The maximum Gasteiger partial charge on any atom is 0.191 e. The van der Waals surface area contributed by atoms with Crippen molar-refractivity contribution < 1.29 is 4.74 Å². The van der Waals surface area contributed by atoms with Crippen LogP contribution in [0.1, 0.15) is 31.2 Å². The molecule has 1 fully saturated rings. The highest BCUT2D eigenvalue weighted by Gasteiger charge is 2.22. The molecule has 1 aliphatic carbocycles. The summed E-state index contributed by atoms with van der Waals surface area (Å²) in [6.07, 6.45) is 4.32. The smallest absolute Gasteiger partial charge is 0.191 e. The van der Waals surface area contributed by atoms with Gasteiger partial charge in [-0.15, -0.1) is 34.2 Å². The summed E-state index contributed by atoms with van der Waals surface area (Å²) in [5.74, 6) is 3.30. The second-order valence-electron chi connectivity index (χ2n) is 6.17. The molecule has 0 radical (unpaired) electrons. The topological polar surface area (TPSA) is 76.4 Å². The Bertz CT molecular complexity index is 713. The molecule has 1 aromatic carbocycles. The number of aryl methyl sites for hydroxylation is 1. The normalized spacial score (nSPS) is 13.8. The molecule has 0 unspecified atom stereocenters. The molecule has 7 nitrogen and oxygen atoms in total. The number of para-hydroxylation sites is 1. The molecule has 0 amide bonds. The highest BCUT2D eigenvalue weighted by Crippen LogP contribution is 2.30. The van der Waals surface area contributed by atoms with Gasteiger partial charge in [-0.25, -0.2) is 0 Å². The van der Waals surface area contributed by atoms with E-state index in [2.05, 4.69) is 38.8 Å². The third-order valence-electron chi connectivity index (χ3n) is 4.26. The maximum atomic E-state index is 5.95. The minimum atomic E-state index is 0. The van der Waals surface area contributed by atoms with Crippen molar-refractivity contribution in [2.24, 2.45) is 10.9 Å². The zero-order valence-corrected chi connectivity index (χ0v) is 17.6. The van der Waals surface area contributed by atoms with Crippen LogP contribution in [0.25, 0.3) is 0 Å². The van der Waals surface area contributed by atoms with Crippen molar-refractivity contribution in [1.82, 2.24) is 25.4 Å². The van der Waals surface area contributed by atoms with E-state index in [0.29, 0.717) is 13.1 Å². The molecule has 142 valence electrons. The Morgan fingerprint density at radius 3 is 2.77 bits per heavy atom. The molecule has 26 heavy (non-hydrogen) atoms. The highest BCUT2D eigenvalue weighted by molar-refractivity contribution is 14.0. The Kier molecular flexibility index (Phi) is 8.14. The number of guanidine groups is 1. The first-order valence-electron chi connectivity index (χ1n) is 8.82. The van der Waals surface area contributed by atoms with E-state index in [1.54, 1.807) is 13.4 Å². The molecule has 1 aromatic heterocycles. The highest BCUT2D eigenvalue weighted by atomic mass is 127. The minimum absolute atomic E-state index is 0. The number of ether oxygens (including phenoxy) is 1. The Hall–Kier alpha value is -1.84. The van der Waals surface area contributed by atoms with Crippen LogP contribution in [0.3, 0.4) is 0 Å². The minimum Gasteiger partial charge on any atom is -0.493 e.